The van der Waals surface area contributed by atoms with Crippen LogP contribution < -0.4 is 10.6 Å². The number of nitrogens with zero attached hydrogens (tertiary/aromatic N) is 3. The maximum atomic E-state index is 5.74. The highest BCUT2D eigenvalue weighted by atomic mass is 15.3. The van der Waals surface area contributed by atoms with Crippen LogP contribution in [0.4, 0.5) is 11.6 Å². The van der Waals surface area contributed by atoms with Crippen molar-refractivity contribution in [1.82, 2.24) is 9.97 Å². The number of rotatable bonds is 1. The van der Waals surface area contributed by atoms with Gasteiger partial charge in [0.2, 0.25) is 0 Å². The summed E-state index contributed by atoms with van der Waals surface area (Å²) in [6.07, 6.45) is 2.42. The van der Waals surface area contributed by atoms with Crippen molar-refractivity contribution in [3.63, 3.8) is 0 Å². The summed E-state index contributed by atoms with van der Waals surface area (Å²) in [5, 5.41) is 0. The van der Waals surface area contributed by atoms with Crippen molar-refractivity contribution in [1.29, 1.82) is 0 Å². The first-order chi connectivity index (χ1) is 6.99. The first-order valence-corrected chi connectivity index (χ1v) is 5.38. The molecule has 82 valence electrons. The van der Waals surface area contributed by atoms with Crippen LogP contribution in [0.25, 0.3) is 0 Å². The lowest BCUT2D eigenvalue weighted by molar-refractivity contribution is 0.514. The molecule has 1 aromatic heterocycles. The molecular weight excluding hydrogens is 188 g/mol. The molecule has 2 heterocycles. The predicted octanol–water partition coefficient (Wildman–Crippen LogP) is 1.75. The Hall–Kier alpha value is -1.32. The molecule has 1 aromatic rings. The molecule has 0 amide bonds. The first-order valence-electron chi connectivity index (χ1n) is 5.38. The molecule has 2 rings (SSSR count). The van der Waals surface area contributed by atoms with Crippen LogP contribution in [0.5, 0.6) is 0 Å². The Labute approximate surface area is 90.5 Å². The monoisotopic (exact) mass is 206 g/mol. The number of anilines is 2. The van der Waals surface area contributed by atoms with Gasteiger partial charge in [-0.2, -0.15) is 0 Å². The van der Waals surface area contributed by atoms with Crippen LogP contribution in [0.2, 0.25) is 0 Å². The summed E-state index contributed by atoms with van der Waals surface area (Å²) in [6.45, 7) is 7.42. The van der Waals surface area contributed by atoms with Gasteiger partial charge in [0.05, 0.1) is 0 Å². The van der Waals surface area contributed by atoms with Gasteiger partial charge in [0.15, 0.2) is 0 Å². The SMILES string of the molecule is Cc1nc(N)cc(N2CCCC2(C)C)n1. The summed E-state index contributed by atoms with van der Waals surface area (Å²) in [7, 11) is 0. The second-order valence-corrected chi connectivity index (χ2v) is 4.77. The van der Waals surface area contributed by atoms with Gasteiger partial charge in [-0.15, -0.1) is 0 Å². The van der Waals surface area contributed by atoms with Crippen molar-refractivity contribution in [2.75, 3.05) is 17.2 Å². The van der Waals surface area contributed by atoms with Crippen LogP contribution in [-0.2, 0) is 0 Å². The van der Waals surface area contributed by atoms with Gasteiger partial charge >= 0.3 is 0 Å². The van der Waals surface area contributed by atoms with Gasteiger partial charge in [-0.1, -0.05) is 0 Å². The van der Waals surface area contributed by atoms with Crippen molar-refractivity contribution in [2.24, 2.45) is 0 Å². The lowest BCUT2D eigenvalue weighted by Gasteiger charge is -2.32. The summed E-state index contributed by atoms with van der Waals surface area (Å²) < 4.78 is 0. The van der Waals surface area contributed by atoms with Gasteiger partial charge < -0.3 is 10.6 Å². The number of hydrogen-bond acceptors (Lipinski definition) is 4. The largest absolute Gasteiger partial charge is 0.384 e. The van der Waals surface area contributed by atoms with Crippen molar-refractivity contribution >= 4 is 11.6 Å². The van der Waals surface area contributed by atoms with Crippen LogP contribution in [0.15, 0.2) is 6.07 Å². The average molecular weight is 206 g/mol. The van der Waals surface area contributed by atoms with Crippen LogP contribution in [0.3, 0.4) is 0 Å². The van der Waals surface area contributed by atoms with Crippen LogP contribution >= 0.6 is 0 Å². The second kappa shape index (κ2) is 3.36. The zero-order valence-electron chi connectivity index (χ0n) is 9.62. The molecule has 1 aliphatic rings. The standard InChI is InChI=1S/C11H18N4/c1-8-13-9(12)7-10(14-8)15-6-4-5-11(15,2)3/h7H,4-6H2,1-3H3,(H2,12,13,14). The molecule has 0 spiro atoms. The molecule has 0 aromatic carbocycles. The molecule has 2 N–H and O–H groups in total. The van der Waals surface area contributed by atoms with Gasteiger partial charge in [0, 0.05) is 18.2 Å². The third-order valence-corrected chi connectivity index (χ3v) is 3.02. The smallest absolute Gasteiger partial charge is 0.134 e. The van der Waals surface area contributed by atoms with Crippen LogP contribution in [0.1, 0.15) is 32.5 Å². The quantitative estimate of drug-likeness (QED) is 0.760. The molecule has 0 unspecified atom stereocenters. The molecule has 1 aliphatic heterocycles. The highest BCUT2D eigenvalue weighted by Gasteiger charge is 2.32. The summed E-state index contributed by atoms with van der Waals surface area (Å²) in [5.41, 5.74) is 5.93. The zero-order chi connectivity index (χ0) is 11.1. The molecule has 0 bridgehead atoms. The third kappa shape index (κ3) is 1.89. The molecule has 0 radical (unpaired) electrons. The van der Waals surface area contributed by atoms with Crippen molar-refractivity contribution in [2.45, 2.75) is 39.2 Å². The van der Waals surface area contributed by atoms with Gasteiger partial charge in [0.1, 0.15) is 17.5 Å². The van der Waals surface area contributed by atoms with Gasteiger partial charge in [-0.05, 0) is 33.6 Å². The molecular formula is C11H18N4. The fourth-order valence-corrected chi connectivity index (χ4v) is 2.24. The zero-order valence-corrected chi connectivity index (χ0v) is 9.62. The summed E-state index contributed by atoms with van der Waals surface area (Å²) in [5.74, 6) is 2.26. The van der Waals surface area contributed by atoms with Crippen molar-refractivity contribution < 1.29 is 0 Å². The van der Waals surface area contributed by atoms with E-state index in [0.717, 1.165) is 18.2 Å². The molecule has 4 nitrogen and oxygen atoms in total. The molecule has 15 heavy (non-hydrogen) atoms. The molecule has 0 saturated carbocycles. The van der Waals surface area contributed by atoms with E-state index < -0.39 is 0 Å². The van der Waals surface area contributed by atoms with Crippen molar-refractivity contribution in [3.05, 3.63) is 11.9 Å². The van der Waals surface area contributed by atoms with Gasteiger partial charge in [-0.3, -0.25) is 0 Å². The minimum Gasteiger partial charge on any atom is -0.384 e. The maximum Gasteiger partial charge on any atom is 0.134 e. The Kier molecular flexibility index (Phi) is 2.29. The number of nitrogens with two attached hydrogens (primary N) is 1. The van der Waals surface area contributed by atoms with Crippen LogP contribution in [0, 0.1) is 6.92 Å². The maximum absolute atomic E-state index is 5.74. The van der Waals surface area contributed by atoms with E-state index in [2.05, 4.69) is 28.7 Å². The highest BCUT2D eigenvalue weighted by Crippen LogP contribution is 2.32. The molecule has 0 atom stereocenters. The van der Waals surface area contributed by atoms with E-state index in [0.29, 0.717) is 5.82 Å². The van der Waals surface area contributed by atoms with Gasteiger partial charge in [-0.25, -0.2) is 9.97 Å². The number of aromatic nitrogens is 2. The van der Waals surface area contributed by atoms with E-state index in [-0.39, 0.29) is 5.54 Å². The molecule has 1 fully saturated rings. The van der Waals surface area contributed by atoms with E-state index >= 15 is 0 Å². The Morgan fingerprint density at radius 3 is 2.67 bits per heavy atom. The minimum atomic E-state index is 0.188. The Bertz CT molecular complexity index is 353. The number of nitrogen functional groups attached to an aromatic ring is 1. The average Bonchev–Trinajstić information content (AvgIpc) is 2.43. The van der Waals surface area contributed by atoms with E-state index in [9.17, 15) is 0 Å². The van der Waals surface area contributed by atoms with E-state index in [1.54, 1.807) is 0 Å². The Balaban J connectivity index is 2.37. The second-order valence-electron chi connectivity index (χ2n) is 4.77. The number of hydrogen-bond donors (Lipinski definition) is 1. The predicted molar refractivity (Wildman–Crippen MR) is 61.8 cm³/mol. The summed E-state index contributed by atoms with van der Waals surface area (Å²) >= 11 is 0. The Morgan fingerprint density at radius 1 is 1.40 bits per heavy atom. The van der Waals surface area contributed by atoms with Gasteiger partial charge in [0.25, 0.3) is 0 Å². The lowest BCUT2D eigenvalue weighted by atomic mass is 10.0. The fraction of sp³-hybridized carbons (Fsp3) is 0.636. The molecule has 4 heteroatoms. The fourth-order valence-electron chi connectivity index (χ4n) is 2.24. The summed E-state index contributed by atoms with van der Waals surface area (Å²) in [4.78, 5) is 10.9. The minimum absolute atomic E-state index is 0.188. The van der Waals surface area contributed by atoms with E-state index in [1.807, 2.05) is 13.0 Å². The highest BCUT2D eigenvalue weighted by molar-refractivity contribution is 5.49. The Morgan fingerprint density at radius 2 is 2.13 bits per heavy atom. The molecule has 1 saturated heterocycles. The normalized spacial score (nSPS) is 19.5. The van der Waals surface area contributed by atoms with Crippen molar-refractivity contribution in [3.8, 4) is 0 Å². The van der Waals surface area contributed by atoms with Crippen LogP contribution in [-0.4, -0.2) is 22.1 Å². The molecule has 0 aliphatic carbocycles. The van der Waals surface area contributed by atoms with E-state index in [1.165, 1.54) is 12.8 Å². The third-order valence-electron chi connectivity index (χ3n) is 3.02. The topological polar surface area (TPSA) is 55.0 Å². The lowest BCUT2D eigenvalue weighted by Crippen LogP contribution is -2.38. The number of aryl methyl sites for hydroxylation is 1. The summed E-state index contributed by atoms with van der Waals surface area (Å²) in [6, 6.07) is 1.86. The first kappa shape index (κ1) is 10.2. The van der Waals surface area contributed by atoms with E-state index in [4.69, 9.17) is 5.73 Å².